The molecule has 0 radical (unpaired) electrons. The monoisotopic (exact) mass is 442 g/mol. The lowest BCUT2D eigenvalue weighted by molar-refractivity contribution is -0.205. The number of benzene rings is 1. The Bertz CT molecular complexity index is 959. The van der Waals surface area contributed by atoms with E-state index in [1.165, 1.54) is 0 Å². The summed E-state index contributed by atoms with van der Waals surface area (Å²) in [6.07, 6.45) is 2.29. The summed E-state index contributed by atoms with van der Waals surface area (Å²) < 4.78 is 13.2. The number of piperidine rings is 1. The Hall–Kier alpha value is -2.42. The number of rotatable bonds is 4. The van der Waals surface area contributed by atoms with E-state index in [0.29, 0.717) is 25.4 Å². The van der Waals surface area contributed by atoms with Crippen molar-refractivity contribution >= 4 is 5.91 Å². The van der Waals surface area contributed by atoms with E-state index in [2.05, 4.69) is 10.00 Å². The molecule has 4 rings (SSSR count). The molecule has 8 nitrogen and oxygen atoms in total. The van der Waals surface area contributed by atoms with Crippen LogP contribution in [0.15, 0.2) is 30.3 Å². The Morgan fingerprint density at radius 1 is 1.25 bits per heavy atom. The highest BCUT2D eigenvalue weighted by Gasteiger charge is 2.49. The van der Waals surface area contributed by atoms with Crippen LogP contribution in [0, 0.1) is 0 Å². The molecule has 32 heavy (non-hydrogen) atoms. The van der Waals surface area contributed by atoms with Crippen LogP contribution in [-0.2, 0) is 11.8 Å². The summed E-state index contributed by atoms with van der Waals surface area (Å²) in [5, 5.41) is 15.2. The Morgan fingerprint density at radius 3 is 2.50 bits per heavy atom. The molecule has 0 unspecified atom stereocenters. The lowest BCUT2D eigenvalue weighted by atomic mass is 9.77. The Balaban J connectivity index is 1.44. The molecule has 174 valence electrons. The van der Waals surface area contributed by atoms with Gasteiger partial charge in [0.25, 0.3) is 5.91 Å². The van der Waals surface area contributed by atoms with E-state index < -0.39 is 5.60 Å². The number of methoxy groups -OCH3 is 1. The second-order valence-electron chi connectivity index (χ2n) is 9.57. The summed E-state index contributed by atoms with van der Waals surface area (Å²) in [5.41, 5.74) is 1.17. The first-order chi connectivity index (χ1) is 15.1. The summed E-state index contributed by atoms with van der Waals surface area (Å²) in [4.78, 5) is 17.1. The van der Waals surface area contributed by atoms with E-state index in [1.54, 1.807) is 11.8 Å². The molecule has 2 aliphatic heterocycles. The number of likely N-dealkylation sites (tertiary alicyclic amines) is 1. The molecule has 1 spiro atoms. The third-order valence-electron chi connectivity index (χ3n) is 7.02. The zero-order chi connectivity index (χ0) is 23.1. The average Bonchev–Trinajstić information content (AvgIpc) is 3.17. The predicted octanol–water partition coefficient (Wildman–Crippen LogP) is 2.17. The molecule has 0 aliphatic carbocycles. The SMILES string of the molecule is COc1ccc(-c2cc(C(=O)N3CCC4(CC3)C[C@H](N(C)C)[C@@](C)(O)CO4)nn2C)cc1. The van der Waals surface area contributed by atoms with Crippen LogP contribution in [0.1, 0.15) is 36.7 Å². The fourth-order valence-electron chi connectivity index (χ4n) is 5.00. The molecule has 8 heteroatoms. The summed E-state index contributed by atoms with van der Waals surface area (Å²) in [6.45, 7) is 3.39. The lowest BCUT2D eigenvalue weighted by Gasteiger charge is -2.52. The van der Waals surface area contributed by atoms with Gasteiger partial charge in [-0.3, -0.25) is 9.48 Å². The maximum atomic E-state index is 13.2. The van der Waals surface area contributed by atoms with Crippen molar-refractivity contribution in [1.82, 2.24) is 19.6 Å². The molecule has 1 aromatic carbocycles. The van der Waals surface area contributed by atoms with Crippen molar-refractivity contribution in [2.24, 2.45) is 7.05 Å². The third-order valence-corrected chi connectivity index (χ3v) is 7.02. The van der Waals surface area contributed by atoms with Crippen LogP contribution in [0.4, 0.5) is 0 Å². The van der Waals surface area contributed by atoms with Crippen LogP contribution in [-0.4, -0.2) is 88.7 Å². The highest BCUT2D eigenvalue weighted by atomic mass is 16.5. The van der Waals surface area contributed by atoms with Gasteiger partial charge >= 0.3 is 0 Å². The van der Waals surface area contributed by atoms with Crippen LogP contribution in [0.5, 0.6) is 5.75 Å². The molecular formula is C24H34N4O4. The standard InChI is InChI=1S/C24H34N4O4/c1-23(30)16-32-24(15-21(23)26(2)3)10-12-28(13-11-24)22(29)19-14-20(27(4)25-19)17-6-8-18(31-5)9-7-17/h6-9,14,21,30H,10-13,15-16H2,1-5H3/t21-,23-/m0/s1. The summed E-state index contributed by atoms with van der Waals surface area (Å²) in [7, 11) is 7.49. The van der Waals surface area contributed by atoms with Crippen molar-refractivity contribution < 1.29 is 19.4 Å². The number of aliphatic hydroxyl groups is 1. The molecule has 1 aromatic heterocycles. The second-order valence-corrected chi connectivity index (χ2v) is 9.57. The first-order valence-corrected chi connectivity index (χ1v) is 11.1. The number of amides is 1. The smallest absolute Gasteiger partial charge is 0.274 e. The lowest BCUT2D eigenvalue weighted by Crippen LogP contribution is -2.63. The van der Waals surface area contributed by atoms with E-state index in [0.717, 1.165) is 36.3 Å². The molecule has 0 bridgehead atoms. The summed E-state index contributed by atoms with van der Waals surface area (Å²) >= 11 is 0. The second kappa shape index (κ2) is 8.50. The van der Waals surface area contributed by atoms with Crippen LogP contribution in [0.3, 0.4) is 0 Å². The number of hydrogen-bond donors (Lipinski definition) is 1. The number of aromatic nitrogens is 2. The quantitative estimate of drug-likeness (QED) is 0.782. The Labute approximate surface area is 189 Å². The van der Waals surface area contributed by atoms with Crippen molar-refractivity contribution in [3.8, 4) is 17.0 Å². The van der Waals surface area contributed by atoms with Gasteiger partial charge in [-0.15, -0.1) is 0 Å². The van der Waals surface area contributed by atoms with Crippen LogP contribution < -0.4 is 4.74 Å². The first kappa shape index (κ1) is 22.8. The molecule has 2 fully saturated rings. The predicted molar refractivity (Wildman–Crippen MR) is 122 cm³/mol. The zero-order valence-corrected chi connectivity index (χ0v) is 19.7. The van der Waals surface area contributed by atoms with E-state index in [9.17, 15) is 9.90 Å². The molecule has 2 aliphatic rings. The van der Waals surface area contributed by atoms with Gasteiger partial charge in [0.1, 0.15) is 11.4 Å². The van der Waals surface area contributed by atoms with Crippen molar-refractivity contribution in [1.29, 1.82) is 0 Å². The van der Waals surface area contributed by atoms with Gasteiger partial charge in [0.05, 0.1) is 25.0 Å². The zero-order valence-electron chi connectivity index (χ0n) is 19.7. The van der Waals surface area contributed by atoms with Gasteiger partial charge < -0.3 is 24.4 Å². The van der Waals surface area contributed by atoms with Gasteiger partial charge in [0, 0.05) is 31.7 Å². The summed E-state index contributed by atoms with van der Waals surface area (Å²) in [6, 6.07) is 9.61. The minimum absolute atomic E-state index is 0.0290. The molecule has 1 amide bonds. The van der Waals surface area contributed by atoms with Gasteiger partial charge in [-0.1, -0.05) is 0 Å². The number of hydrogen-bond acceptors (Lipinski definition) is 6. The van der Waals surface area contributed by atoms with Gasteiger partial charge in [0.15, 0.2) is 5.69 Å². The molecular weight excluding hydrogens is 408 g/mol. The Kier molecular flexibility index (Phi) is 6.04. The van der Waals surface area contributed by atoms with Gasteiger partial charge in [-0.05, 0) is 70.6 Å². The van der Waals surface area contributed by atoms with E-state index >= 15 is 0 Å². The molecule has 0 saturated carbocycles. The number of nitrogens with zero attached hydrogens (tertiary/aromatic N) is 4. The highest BCUT2D eigenvalue weighted by molar-refractivity contribution is 5.93. The number of likely N-dealkylation sites (N-methyl/N-ethyl adjacent to an activating group) is 1. The van der Waals surface area contributed by atoms with Crippen LogP contribution in [0.25, 0.3) is 11.3 Å². The van der Waals surface area contributed by atoms with E-state index in [-0.39, 0.29) is 17.6 Å². The number of ether oxygens (including phenoxy) is 2. The fourth-order valence-corrected chi connectivity index (χ4v) is 5.00. The van der Waals surface area contributed by atoms with Gasteiger partial charge in [0.2, 0.25) is 0 Å². The maximum Gasteiger partial charge on any atom is 0.274 e. The van der Waals surface area contributed by atoms with E-state index in [1.807, 2.05) is 63.3 Å². The molecule has 2 atom stereocenters. The normalized spacial score (nSPS) is 25.3. The largest absolute Gasteiger partial charge is 0.497 e. The Morgan fingerprint density at radius 2 is 1.91 bits per heavy atom. The fraction of sp³-hybridized carbons (Fsp3) is 0.583. The number of aryl methyl sites for hydroxylation is 1. The number of carbonyl (C=O) groups is 1. The van der Waals surface area contributed by atoms with Crippen molar-refractivity contribution in [3.63, 3.8) is 0 Å². The maximum absolute atomic E-state index is 13.2. The highest BCUT2D eigenvalue weighted by Crippen LogP contribution is 2.40. The third kappa shape index (κ3) is 4.27. The van der Waals surface area contributed by atoms with Crippen molar-refractivity contribution in [3.05, 3.63) is 36.0 Å². The number of carbonyl (C=O) groups excluding carboxylic acids is 1. The summed E-state index contributed by atoms with van der Waals surface area (Å²) in [5.74, 6) is 0.736. The molecule has 2 saturated heterocycles. The minimum Gasteiger partial charge on any atom is -0.497 e. The van der Waals surface area contributed by atoms with Gasteiger partial charge in [-0.25, -0.2) is 0 Å². The first-order valence-electron chi connectivity index (χ1n) is 11.1. The van der Waals surface area contributed by atoms with Crippen LogP contribution in [0.2, 0.25) is 0 Å². The molecule has 1 N–H and O–H groups in total. The minimum atomic E-state index is -0.868. The molecule has 2 aromatic rings. The van der Waals surface area contributed by atoms with E-state index in [4.69, 9.17) is 9.47 Å². The molecule has 3 heterocycles. The van der Waals surface area contributed by atoms with Gasteiger partial charge in [-0.2, -0.15) is 5.10 Å². The van der Waals surface area contributed by atoms with Crippen molar-refractivity contribution in [2.45, 2.75) is 43.4 Å². The van der Waals surface area contributed by atoms with Crippen molar-refractivity contribution in [2.75, 3.05) is 40.9 Å². The topological polar surface area (TPSA) is 80.1 Å². The average molecular weight is 443 g/mol. The van der Waals surface area contributed by atoms with Crippen LogP contribution >= 0.6 is 0 Å².